The van der Waals surface area contributed by atoms with Gasteiger partial charge in [-0.15, -0.1) is 0 Å². The second-order valence-corrected chi connectivity index (χ2v) is 4.19. The number of piperidine rings is 1. The van der Waals surface area contributed by atoms with Crippen LogP contribution in [0.5, 0.6) is 0 Å². The first-order valence-electron chi connectivity index (χ1n) is 5.43. The lowest BCUT2D eigenvalue weighted by atomic mass is 10.1. The Balaban J connectivity index is 1.89. The van der Waals surface area contributed by atoms with Gasteiger partial charge in [-0.05, 0) is 25.7 Å². The average Bonchev–Trinajstić information content (AvgIpc) is 2.69. The van der Waals surface area contributed by atoms with Crippen LogP contribution < -0.4 is 5.73 Å². The lowest BCUT2D eigenvalue weighted by Crippen LogP contribution is -2.49. The van der Waals surface area contributed by atoms with Gasteiger partial charge in [-0.1, -0.05) is 0 Å². The van der Waals surface area contributed by atoms with Crippen LogP contribution in [0.4, 0.5) is 0 Å². The molecule has 2 saturated heterocycles. The second kappa shape index (κ2) is 4.28. The van der Waals surface area contributed by atoms with Crippen molar-refractivity contribution in [3.05, 3.63) is 0 Å². The summed E-state index contributed by atoms with van der Waals surface area (Å²) in [5.74, 6) is 0.151. The molecule has 0 saturated carbocycles. The minimum absolute atomic E-state index is 0.151. The standard InChI is InChI=1S/C10H18N2O2/c11-8-3-1-5-12(7-8)10(13)9-4-2-6-14-9/h8-9H,1-7,11H2/t8-,9?/m1/s1. The molecule has 2 fully saturated rings. The number of carbonyl (C=O) groups is 1. The number of likely N-dealkylation sites (tertiary alicyclic amines) is 1. The summed E-state index contributed by atoms with van der Waals surface area (Å²) in [5, 5.41) is 0. The third kappa shape index (κ3) is 2.07. The van der Waals surface area contributed by atoms with E-state index in [1.54, 1.807) is 0 Å². The van der Waals surface area contributed by atoms with Crippen LogP contribution in [-0.2, 0) is 9.53 Å². The van der Waals surface area contributed by atoms with Gasteiger partial charge in [-0.3, -0.25) is 4.79 Å². The largest absolute Gasteiger partial charge is 0.368 e. The molecule has 4 heteroatoms. The zero-order valence-electron chi connectivity index (χ0n) is 8.45. The van der Waals surface area contributed by atoms with Crippen molar-refractivity contribution in [3.8, 4) is 0 Å². The molecule has 1 unspecified atom stereocenters. The van der Waals surface area contributed by atoms with Gasteiger partial charge in [-0.2, -0.15) is 0 Å². The van der Waals surface area contributed by atoms with Crippen LogP contribution in [0.2, 0.25) is 0 Å². The molecule has 2 N–H and O–H groups in total. The number of rotatable bonds is 1. The number of amides is 1. The van der Waals surface area contributed by atoms with Crippen LogP contribution in [0, 0.1) is 0 Å². The molecule has 0 aliphatic carbocycles. The third-order valence-electron chi connectivity index (χ3n) is 2.97. The predicted octanol–water partition coefficient (Wildman–Crippen LogP) is 0.115. The molecule has 2 atom stereocenters. The molecule has 2 aliphatic rings. The van der Waals surface area contributed by atoms with E-state index >= 15 is 0 Å². The van der Waals surface area contributed by atoms with Crippen LogP contribution in [0.3, 0.4) is 0 Å². The molecule has 1 amide bonds. The Morgan fingerprint density at radius 3 is 2.86 bits per heavy atom. The van der Waals surface area contributed by atoms with Crippen molar-refractivity contribution >= 4 is 5.91 Å². The summed E-state index contributed by atoms with van der Waals surface area (Å²) in [6, 6.07) is 0.161. The van der Waals surface area contributed by atoms with Crippen molar-refractivity contribution in [1.82, 2.24) is 4.90 Å². The van der Waals surface area contributed by atoms with Gasteiger partial charge in [0.2, 0.25) is 0 Å². The van der Waals surface area contributed by atoms with Crippen molar-refractivity contribution in [1.29, 1.82) is 0 Å². The number of hydrogen-bond acceptors (Lipinski definition) is 3. The second-order valence-electron chi connectivity index (χ2n) is 4.19. The maximum atomic E-state index is 11.9. The Morgan fingerprint density at radius 1 is 1.36 bits per heavy atom. The SMILES string of the molecule is N[C@@H]1CCCN(C(=O)C2CCCO2)C1. The van der Waals surface area contributed by atoms with E-state index in [2.05, 4.69) is 0 Å². The normalized spacial score (nSPS) is 33.4. The number of carbonyl (C=O) groups excluding carboxylic acids is 1. The van der Waals surface area contributed by atoms with Gasteiger partial charge in [0.25, 0.3) is 5.91 Å². The Kier molecular flexibility index (Phi) is 3.03. The summed E-state index contributed by atoms with van der Waals surface area (Å²) in [6.07, 6.45) is 3.77. The first kappa shape index (κ1) is 9.93. The molecule has 0 bridgehead atoms. The smallest absolute Gasteiger partial charge is 0.251 e. The fourth-order valence-corrected chi connectivity index (χ4v) is 2.19. The summed E-state index contributed by atoms with van der Waals surface area (Å²) in [6.45, 7) is 2.29. The van der Waals surface area contributed by atoms with E-state index in [-0.39, 0.29) is 18.1 Å². The van der Waals surface area contributed by atoms with Crippen LogP contribution >= 0.6 is 0 Å². The minimum atomic E-state index is -0.180. The Labute approximate surface area is 84.4 Å². The van der Waals surface area contributed by atoms with E-state index in [4.69, 9.17) is 10.5 Å². The Hall–Kier alpha value is -0.610. The van der Waals surface area contributed by atoms with Gasteiger partial charge < -0.3 is 15.4 Å². The molecule has 14 heavy (non-hydrogen) atoms. The molecule has 0 aromatic carbocycles. The first-order chi connectivity index (χ1) is 6.77. The minimum Gasteiger partial charge on any atom is -0.368 e. The lowest BCUT2D eigenvalue weighted by Gasteiger charge is -2.32. The van der Waals surface area contributed by atoms with E-state index < -0.39 is 0 Å². The van der Waals surface area contributed by atoms with Crippen molar-refractivity contribution in [2.24, 2.45) is 5.73 Å². The fourth-order valence-electron chi connectivity index (χ4n) is 2.19. The zero-order valence-corrected chi connectivity index (χ0v) is 8.45. The van der Waals surface area contributed by atoms with Gasteiger partial charge in [0.15, 0.2) is 0 Å². The van der Waals surface area contributed by atoms with Crippen molar-refractivity contribution in [3.63, 3.8) is 0 Å². The lowest BCUT2D eigenvalue weighted by molar-refractivity contribution is -0.142. The third-order valence-corrected chi connectivity index (χ3v) is 2.97. The monoisotopic (exact) mass is 198 g/mol. The summed E-state index contributed by atoms with van der Waals surface area (Å²) in [5.41, 5.74) is 5.83. The van der Waals surface area contributed by atoms with Gasteiger partial charge in [0.1, 0.15) is 6.10 Å². The van der Waals surface area contributed by atoms with E-state index in [1.807, 2.05) is 4.90 Å². The Morgan fingerprint density at radius 2 is 2.21 bits per heavy atom. The average molecular weight is 198 g/mol. The van der Waals surface area contributed by atoms with E-state index in [9.17, 15) is 4.79 Å². The highest BCUT2D eigenvalue weighted by atomic mass is 16.5. The van der Waals surface area contributed by atoms with Gasteiger partial charge >= 0.3 is 0 Å². The maximum Gasteiger partial charge on any atom is 0.251 e. The predicted molar refractivity (Wildman–Crippen MR) is 52.8 cm³/mol. The van der Waals surface area contributed by atoms with Gasteiger partial charge in [-0.25, -0.2) is 0 Å². The molecule has 80 valence electrons. The topological polar surface area (TPSA) is 55.6 Å². The molecular weight excluding hydrogens is 180 g/mol. The molecule has 2 aliphatic heterocycles. The molecular formula is C10H18N2O2. The number of nitrogens with zero attached hydrogens (tertiary/aromatic N) is 1. The summed E-state index contributed by atoms with van der Waals surface area (Å²) in [7, 11) is 0. The van der Waals surface area contributed by atoms with Crippen LogP contribution in [0.15, 0.2) is 0 Å². The fraction of sp³-hybridized carbons (Fsp3) is 0.900. The molecule has 4 nitrogen and oxygen atoms in total. The Bertz CT molecular complexity index is 214. The van der Waals surface area contributed by atoms with Crippen molar-refractivity contribution in [2.75, 3.05) is 19.7 Å². The van der Waals surface area contributed by atoms with E-state index in [0.717, 1.165) is 38.8 Å². The van der Waals surface area contributed by atoms with Crippen molar-refractivity contribution in [2.45, 2.75) is 37.8 Å². The molecule has 2 heterocycles. The van der Waals surface area contributed by atoms with E-state index in [1.165, 1.54) is 0 Å². The highest BCUT2D eigenvalue weighted by Gasteiger charge is 2.30. The van der Waals surface area contributed by atoms with Crippen molar-refractivity contribution < 1.29 is 9.53 Å². The highest BCUT2D eigenvalue weighted by molar-refractivity contribution is 5.81. The molecule has 0 radical (unpaired) electrons. The van der Waals surface area contributed by atoms with E-state index in [0.29, 0.717) is 6.54 Å². The molecule has 0 aromatic heterocycles. The quantitative estimate of drug-likeness (QED) is 0.651. The van der Waals surface area contributed by atoms with Crippen LogP contribution in [0.1, 0.15) is 25.7 Å². The highest BCUT2D eigenvalue weighted by Crippen LogP contribution is 2.17. The number of nitrogens with two attached hydrogens (primary N) is 1. The molecule has 0 spiro atoms. The first-order valence-corrected chi connectivity index (χ1v) is 5.43. The molecule has 0 aromatic rings. The summed E-state index contributed by atoms with van der Waals surface area (Å²) in [4.78, 5) is 13.8. The number of ether oxygens (including phenoxy) is 1. The van der Waals surface area contributed by atoms with Crippen LogP contribution in [0.25, 0.3) is 0 Å². The summed E-state index contributed by atoms with van der Waals surface area (Å²) >= 11 is 0. The van der Waals surface area contributed by atoms with Crippen LogP contribution in [-0.4, -0.2) is 42.6 Å². The van der Waals surface area contributed by atoms with Gasteiger partial charge in [0, 0.05) is 25.7 Å². The van der Waals surface area contributed by atoms with Gasteiger partial charge in [0.05, 0.1) is 0 Å². The molecule has 2 rings (SSSR count). The summed E-state index contributed by atoms with van der Waals surface area (Å²) < 4.78 is 5.37. The zero-order chi connectivity index (χ0) is 9.97. The maximum absolute atomic E-state index is 11.9. The number of hydrogen-bond donors (Lipinski definition) is 1.